The third-order valence-electron chi connectivity index (χ3n) is 4.78. The predicted molar refractivity (Wildman–Crippen MR) is 107 cm³/mol. The molecule has 1 atom stereocenters. The van der Waals surface area contributed by atoms with Crippen LogP contribution < -0.4 is 24.8 Å². The lowest BCUT2D eigenvalue weighted by molar-refractivity contribution is -0.139. The Bertz CT molecular complexity index is 999. The molecular formula is C22H22N2O6. The highest BCUT2D eigenvalue weighted by Crippen LogP contribution is 2.37. The minimum absolute atomic E-state index is 0.00564. The Kier molecular flexibility index (Phi) is 5.47. The summed E-state index contributed by atoms with van der Waals surface area (Å²) < 4.78 is 21.9. The van der Waals surface area contributed by atoms with Crippen molar-refractivity contribution >= 4 is 12.0 Å². The van der Waals surface area contributed by atoms with Crippen molar-refractivity contribution in [3.8, 4) is 17.2 Å². The highest BCUT2D eigenvalue weighted by atomic mass is 16.7. The Balaban J connectivity index is 1.68. The Morgan fingerprint density at radius 2 is 1.90 bits per heavy atom. The fraction of sp³-hybridized carbons (Fsp3) is 0.273. The van der Waals surface area contributed by atoms with Crippen LogP contribution in [0.1, 0.15) is 24.1 Å². The van der Waals surface area contributed by atoms with Gasteiger partial charge in [-0.05, 0) is 43.7 Å². The van der Waals surface area contributed by atoms with Crippen LogP contribution in [0.3, 0.4) is 0 Å². The Morgan fingerprint density at radius 1 is 1.13 bits per heavy atom. The largest absolute Gasteiger partial charge is 0.487 e. The van der Waals surface area contributed by atoms with Crippen LogP contribution in [0, 0.1) is 6.92 Å². The summed E-state index contributed by atoms with van der Waals surface area (Å²) in [6.45, 7) is 4.05. The Hall–Kier alpha value is -3.68. The molecule has 8 nitrogen and oxygen atoms in total. The van der Waals surface area contributed by atoms with E-state index in [9.17, 15) is 9.59 Å². The van der Waals surface area contributed by atoms with Gasteiger partial charge in [0, 0.05) is 0 Å². The Morgan fingerprint density at radius 3 is 2.67 bits per heavy atom. The molecule has 2 heterocycles. The molecule has 0 fully saturated rings. The quantitative estimate of drug-likeness (QED) is 0.711. The number of ether oxygens (including phenoxy) is 4. The van der Waals surface area contributed by atoms with Crippen molar-refractivity contribution in [2.45, 2.75) is 19.9 Å². The summed E-state index contributed by atoms with van der Waals surface area (Å²) in [7, 11) is 0. The molecule has 0 spiro atoms. The van der Waals surface area contributed by atoms with Crippen LogP contribution >= 0.6 is 0 Å². The first-order chi connectivity index (χ1) is 14.5. The van der Waals surface area contributed by atoms with Crippen molar-refractivity contribution < 1.29 is 28.5 Å². The number of benzene rings is 2. The number of hydrogen-bond donors (Lipinski definition) is 2. The summed E-state index contributed by atoms with van der Waals surface area (Å²) in [5, 5.41) is 5.48. The molecule has 0 unspecified atom stereocenters. The molecule has 2 aliphatic heterocycles. The first-order valence-corrected chi connectivity index (χ1v) is 9.62. The van der Waals surface area contributed by atoms with E-state index in [0.717, 1.165) is 5.56 Å². The first-order valence-electron chi connectivity index (χ1n) is 9.62. The van der Waals surface area contributed by atoms with Crippen molar-refractivity contribution in [3.63, 3.8) is 0 Å². The average Bonchev–Trinajstić information content (AvgIpc) is 3.21. The highest BCUT2D eigenvalue weighted by Gasteiger charge is 2.34. The molecule has 0 aromatic heterocycles. The van der Waals surface area contributed by atoms with Crippen molar-refractivity contribution in [1.29, 1.82) is 0 Å². The lowest BCUT2D eigenvalue weighted by atomic mass is 9.95. The second kappa shape index (κ2) is 8.36. The fourth-order valence-corrected chi connectivity index (χ4v) is 3.31. The number of rotatable bonds is 6. The molecule has 4 rings (SSSR count). The number of aryl methyl sites for hydroxylation is 1. The smallest absolute Gasteiger partial charge is 0.338 e. The maximum absolute atomic E-state index is 12.8. The topological polar surface area (TPSA) is 95.1 Å². The maximum Gasteiger partial charge on any atom is 0.338 e. The molecule has 0 saturated heterocycles. The van der Waals surface area contributed by atoms with Crippen LogP contribution in [0.4, 0.5) is 4.79 Å². The summed E-state index contributed by atoms with van der Waals surface area (Å²) >= 11 is 0. The molecule has 156 valence electrons. The molecule has 0 saturated carbocycles. The molecule has 2 N–H and O–H groups in total. The van der Waals surface area contributed by atoms with Gasteiger partial charge >= 0.3 is 12.0 Å². The maximum atomic E-state index is 12.8. The molecule has 8 heteroatoms. The minimum atomic E-state index is -0.719. The molecule has 0 radical (unpaired) electrons. The van der Waals surface area contributed by atoms with Crippen LogP contribution in [0.25, 0.3) is 0 Å². The Labute approximate surface area is 173 Å². The van der Waals surface area contributed by atoms with Crippen molar-refractivity contribution in [2.24, 2.45) is 0 Å². The normalized spacial score (nSPS) is 17.3. The van der Waals surface area contributed by atoms with Gasteiger partial charge in [-0.1, -0.05) is 23.8 Å². The van der Waals surface area contributed by atoms with Crippen LogP contribution in [-0.2, 0) is 9.53 Å². The molecule has 0 aliphatic carbocycles. The zero-order chi connectivity index (χ0) is 21.1. The third-order valence-corrected chi connectivity index (χ3v) is 4.78. The molecule has 2 aliphatic rings. The fourth-order valence-electron chi connectivity index (χ4n) is 3.31. The van der Waals surface area contributed by atoms with Crippen LogP contribution in [0.15, 0.2) is 53.7 Å². The molecule has 2 aromatic carbocycles. The van der Waals surface area contributed by atoms with Crippen LogP contribution in [0.2, 0.25) is 0 Å². The van der Waals surface area contributed by atoms with E-state index in [1.165, 1.54) is 0 Å². The number of amides is 2. The second-order valence-corrected chi connectivity index (χ2v) is 6.86. The third kappa shape index (κ3) is 4.03. The van der Waals surface area contributed by atoms with Gasteiger partial charge in [-0.3, -0.25) is 0 Å². The number of fused-ring (bicyclic) bond motifs is 1. The second-order valence-electron chi connectivity index (χ2n) is 6.86. The van der Waals surface area contributed by atoms with Crippen LogP contribution in [-0.4, -0.2) is 32.0 Å². The monoisotopic (exact) mass is 410 g/mol. The van der Waals surface area contributed by atoms with Crippen molar-refractivity contribution in [3.05, 3.63) is 64.9 Å². The standard InChI is InChI=1S/C22H22N2O6/c1-3-27-21(25)19-16(11-28-15-7-4-13(2)5-8-15)23-22(26)24-20(19)14-6-9-17-18(10-14)30-12-29-17/h4-10,20H,3,11-12H2,1-2H3,(H2,23,24,26)/t20-/m1/s1. The van der Waals surface area contributed by atoms with E-state index in [2.05, 4.69) is 10.6 Å². The van der Waals surface area contributed by atoms with Crippen molar-refractivity contribution in [2.75, 3.05) is 20.0 Å². The summed E-state index contributed by atoms with van der Waals surface area (Å²) in [5.74, 6) is 1.27. The van der Waals surface area contributed by atoms with Gasteiger partial charge in [0.15, 0.2) is 11.5 Å². The number of carbonyl (C=O) groups is 2. The molecule has 2 amide bonds. The minimum Gasteiger partial charge on any atom is -0.487 e. The molecule has 2 aromatic rings. The number of nitrogens with one attached hydrogen (secondary N) is 2. The lowest BCUT2D eigenvalue weighted by Gasteiger charge is -2.29. The predicted octanol–water partition coefficient (Wildman–Crippen LogP) is 2.97. The average molecular weight is 410 g/mol. The van der Waals surface area contributed by atoms with E-state index < -0.39 is 18.0 Å². The van der Waals surface area contributed by atoms with Gasteiger partial charge in [0.1, 0.15) is 12.4 Å². The summed E-state index contributed by atoms with van der Waals surface area (Å²) in [6.07, 6.45) is 0. The molecular weight excluding hydrogens is 388 g/mol. The highest BCUT2D eigenvalue weighted by molar-refractivity contribution is 5.95. The summed E-state index contributed by atoms with van der Waals surface area (Å²) in [6, 6.07) is 11.6. The van der Waals surface area contributed by atoms with E-state index in [1.807, 2.05) is 31.2 Å². The number of esters is 1. The van der Waals surface area contributed by atoms with E-state index in [4.69, 9.17) is 18.9 Å². The van der Waals surface area contributed by atoms with Gasteiger partial charge < -0.3 is 29.6 Å². The van der Waals surface area contributed by atoms with Gasteiger partial charge in [0.05, 0.1) is 23.9 Å². The van der Waals surface area contributed by atoms with Gasteiger partial charge in [-0.15, -0.1) is 0 Å². The van der Waals surface area contributed by atoms with Crippen LogP contribution in [0.5, 0.6) is 17.2 Å². The molecule has 30 heavy (non-hydrogen) atoms. The SMILES string of the molecule is CCOC(=O)C1=C(COc2ccc(C)cc2)NC(=O)N[C@@H]1c1ccc2c(c1)OCO2. The van der Waals surface area contributed by atoms with Gasteiger partial charge in [-0.25, -0.2) is 9.59 Å². The summed E-state index contributed by atoms with van der Waals surface area (Å²) in [5.41, 5.74) is 2.40. The molecule has 0 bridgehead atoms. The van der Waals surface area contributed by atoms with E-state index >= 15 is 0 Å². The zero-order valence-electron chi connectivity index (χ0n) is 16.7. The number of hydrogen-bond acceptors (Lipinski definition) is 6. The lowest BCUT2D eigenvalue weighted by Crippen LogP contribution is -2.47. The number of carbonyl (C=O) groups excluding carboxylic acids is 2. The van der Waals surface area contributed by atoms with E-state index in [-0.39, 0.29) is 25.6 Å². The number of urea groups is 1. The van der Waals surface area contributed by atoms with Gasteiger partial charge in [-0.2, -0.15) is 0 Å². The van der Waals surface area contributed by atoms with Crippen molar-refractivity contribution in [1.82, 2.24) is 10.6 Å². The van der Waals surface area contributed by atoms with E-state index in [0.29, 0.717) is 28.5 Å². The zero-order valence-corrected chi connectivity index (χ0v) is 16.7. The summed E-state index contributed by atoms with van der Waals surface area (Å²) in [4.78, 5) is 25.2. The van der Waals surface area contributed by atoms with Gasteiger partial charge in [0.2, 0.25) is 6.79 Å². The van der Waals surface area contributed by atoms with Gasteiger partial charge in [0.25, 0.3) is 0 Å². The van der Waals surface area contributed by atoms with E-state index in [1.54, 1.807) is 25.1 Å². The first kappa shape index (κ1) is 19.6.